The van der Waals surface area contributed by atoms with Crippen LogP contribution in [-0.4, -0.2) is 26.7 Å². The van der Waals surface area contributed by atoms with E-state index in [-0.39, 0.29) is 12.5 Å². The maximum absolute atomic E-state index is 12.3. The minimum atomic E-state index is -0.672. The van der Waals surface area contributed by atoms with E-state index < -0.39 is 5.41 Å². The number of nitrogen functional groups attached to an aromatic ring is 1. The molecule has 0 spiro atoms. The molecule has 5 heteroatoms. The molecule has 1 atom stereocenters. The molecule has 1 saturated carbocycles. The fourth-order valence-electron chi connectivity index (χ4n) is 2.85. The minimum Gasteiger partial charge on any atom is -0.497 e. The quantitative estimate of drug-likeness (QED) is 0.590. The van der Waals surface area contributed by atoms with Crippen molar-refractivity contribution in [2.24, 2.45) is 17.1 Å². The van der Waals surface area contributed by atoms with Crippen LogP contribution in [0.15, 0.2) is 18.2 Å². The predicted molar refractivity (Wildman–Crippen MR) is 82.0 cm³/mol. The SMILES string of the molecule is COC(=O)C(CN)(Cc1cc(N)cc(OC)c1)CC1CC1. The van der Waals surface area contributed by atoms with Crippen molar-refractivity contribution in [2.75, 3.05) is 26.5 Å². The second-order valence-electron chi connectivity index (χ2n) is 5.91. The van der Waals surface area contributed by atoms with Crippen molar-refractivity contribution >= 4 is 11.7 Å². The molecule has 1 aliphatic rings. The molecule has 5 nitrogen and oxygen atoms in total. The summed E-state index contributed by atoms with van der Waals surface area (Å²) in [6.07, 6.45) is 3.62. The largest absolute Gasteiger partial charge is 0.497 e. The lowest BCUT2D eigenvalue weighted by Gasteiger charge is -2.30. The summed E-state index contributed by atoms with van der Waals surface area (Å²) in [7, 11) is 3.01. The summed E-state index contributed by atoms with van der Waals surface area (Å²) >= 11 is 0. The van der Waals surface area contributed by atoms with Gasteiger partial charge >= 0.3 is 5.97 Å². The zero-order valence-corrected chi connectivity index (χ0v) is 12.7. The lowest BCUT2D eigenvalue weighted by molar-refractivity contribution is -0.153. The van der Waals surface area contributed by atoms with E-state index in [1.807, 2.05) is 12.1 Å². The third kappa shape index (κ3) is 3.67. The number of carbonyl (C=O) groups excluding carboxylic acids is 1. The van der Waals surface area contributed by atoms with Crippen LogP contribution in [0.3, 0.4) is 0 Å². The first-order valence-electron chi connectivity index (χ1n) is 7.25. The maximum Gasteiger partial charge on any atom is 0.313 e. The van der Waals surface area contributed by atoms with Gasteiger partial charge in [0.15, 0.2) is 0 Å². The van der Waals surface area contributed by atoms with Crippen LogP contribution in [0.1, 0.15) is 24.8 Å². The number of benzene rings is 1. The van der Waals surface area contributed by atoms with E-state index in [0.29, 0.717) is 23.8 Å². The highest BCUT2D eigenvalue weighted by molar-refractivity contribution is 5.77. The van der Waals surface area contributed by atoms with Gasteiger partial charge in [-0.15, -0.1) is 0 Å². The van der Waals surface area contributed by atoms with Gasteiger partial charge < -0.3 is 20.9 Å². The molecule has 116 valence electrons. The Bertz CT molecular complexity index is 514. The number of hydrogen-bond acceptors (Lipinski definition) is 5. The predicted octanol–water partition coefficient (Wildman–Crippen LogP) is 1.74. The van der Waals surface area contributed by atoms with Crippen LogP contribution < -0.4 is 16.2 Å². The van der Waals surface area contributed by atoms with Crippen LogP contribution in [-0.2, 0) is 16.0 Å². The number of hydrogen-bond donors (Lipinski definition) is 2. The van der Waals surface area contributed by atoms with Crippen molar-refractivity contribution < 1.29 is 14.3 Å². The highest BCUT2D eigenvalue weighted by Crippen LogP contribution is 2.42. The monoisotopic (exact) mass is 292 g/mol. The minimum absolute atomic E-state index is 0.238. The first-order chi connectivity index (χ1) is 10.0. The molecule has 0 amide bonds. The Morgan fingerprint density at radius 2 is 2.05 bits per heavy atom. The van der Waals surface area contributed by atoms with E-state index in [1.54, 1.807) is 13.2 Å². The summed E-state index contributed by atoms with van der Waals surface area (Å²) < 4.78 is 10.2. The third-order valence-corrected chi connectivity index (χ3v) is 4.15. The highest BCUT2D eigenvalue weighted by Gasteiger charge is 2.43. The fraction of sp³-hybridized carbons (Fsp3) is 0.562. The Balaban J connectivity index is 2.28. The molecule has 0 aromatic heterocycles. The Labute approximate surface area is 125 Å². The van der Waals surface area contributed by atoms with E-state index >= 15 is 0 Å². The van der Waals surface area contributed by atoms with Crippen molar-refractivity contribution in [1.82, 2.24) is 0 Å². The van der Waals surface area contributed by atoms with E-state index in [1.165, 1.54) is 20.0 Å². The second-order valence-corrected chi connectivity index (χ2v) is 5.91. The van der Waals surface area contributed by atoms with Gasteiger partial charge in [0.05, 0.1) is 19.6 Å². The molecule has 0 heterocycles. The molecule has 1 aromatic rings. The number of rotatable bonds is 7. The van der Waals surface area contributed by atoms with Crippen LogP contribution in [0.5, 0.6) is 5.75 Å². The van der Waals surface area contributed by atoms with Gasteiger partial charge in [-0.25, -0.2) is 0 Å². The summed E-state index contributed by atoms with van der Waals surface area (Å²) in [4.78, 5) is 12.3. The number of methoxy groups -OCH3 is 2. The van der Waals surface area contributed by atoms with Gasteiger partial charge in [-0.05, 0) is 36.5 Å². The molecule has 0 radical (unpaired) electrons. The standard InChI is InChI=1S/C16H24N2O3/c1-20-14-6-12(5-13(18)7-14)9-16(10-17,15(19)21-2)8-11-3-4-11/h5-7,11H,3-4,8-10,17-18H2,1-2H3. The molecule has 4 N–H and O–H groups in total. The first kappa shape index (κ1) is 15.6. The Hall–Kier alpha value is -1.75. The average molecular weight is 292 g/mol. The van der Waals surface area contributed by atoms with E-state index in [4.69, 9.17) is 20.9 Å². The molecule has 21 heavy (non-hydrogen) atoms. The number of nitrogens with two attached hydrogens (primary N) is 2. The lowest BCUT2D eigenvalue weighted by atomic mass is 9.77. The van der Waals surface area contributed by atoms with E-state index in [2.05, 4.69) is 0 Å². The van der Waals surface area contributed by atoms with Gasteiger partial charge in [0.2, 0.25) is 0 Å². The smallest absolute Gasteiger partial charge is 0.313 e. The average Bonchev–Trinajstić information content (AvgIpc) is 3.28. The molecule has 1 aromatic carbocycles. The Morgan fingerprint density at radius 3 is 2.57 bits per heavy atom. The normalized spacial score (nSPS) is 17.1. The van der Waals surface area contributed by atoms with Crippen molar-refractivity contribution in [2.45, 2.75) is 25.7 Å². The maximum atomic E-state index is 12.3. The Kier molecular flexibility index (Phi) is 4.73. The fourth-order valence-corrected chi connectivity index (χ4v) is 2.85. The molecule has 0 bridgehead atoms. The van der Waals surface area contributed by atoms with Gasteiger partial charge in [-0.1, -0.05) is 12.8 Å². The van der Waals surface area contributed by atoms with Gasteiger partial charge in [0.1, 0.15) is 5.75 Å². The molecule has 0 aliphatic heterocycles. The summed E-state index contributed by atoms with van der Waals surface area (Å²) in [5, 5.41) is 0. The number of carbonyl (C=O) groups is 1. The molecular weight excluding hydrogens is 268 g/mol. The van der Waals surface area contributed by atoms with Crippen LogP contribution in [0.2, 0.25) is 0 Å². The van der Waals surface area contributed by atoms with Crippen LogP contribution in [0.25, 0.3) is 0 Å². The molecule has 1 aliphatic carbocycles. The lowest BCUT2D eigenvalue weighted by Crippen LogP contribution is -2.42. The van der Waals surface area contributed by atoms with Crippen molar-refractivity contribution in [3.05, 3.63) is 23.8 Å². The first-order valence-corrected chi connectivity index (χ1v) is 7.25. The molecule has 1 unspecified atom stereocenters. The summed E-state index contributed by atoms with van der Waals surface area (Å²) in [6.45, 7) is 0.271. The topological polar surface area (TPSA) is 87.6 Å². The van der Waals surface area contributed by atoms with Crippen molar-refractivity contribution in [3.8, 4) is 5.75 Å². The van der Waals surface area contributed by atoms with Crippen molar-refractivity contribution in [3.63, 3.8) is 0 Å². The summed E-state index contributed by atoms with van der Waals surface area (Å²) in [6, 6.07) is 5.52. The van der Waals surface area contributed by atoms with Crippen LogP contribution in [0.4, 0.5) is 5.69 Å². The molecular formula is C16H24N2O3. The summed E-state index contributed by atoms with van der Waals surface area (Å²) in [5.41, 5.74) is 12.7. The van der Waals surface area contributed by atoms with Gasteiger partial charge in [-0.2, -0.15) is 0 Å². The molecule has 1 fully saturated rings. The number of esters is 1. The highest BCUT2D eigenvalue weighted by atomic mass is 16.5. The van der Waals surface area contributed by atoms with Gasteiger partial charge in [0, 0.05) is 18.3 Å². The van der Waals surface area contributed by atoms with Gasteiger partial charge in [0.25, 0.3) is 0 Å². The number of ether oxygens (including phenoxy) is 2. The van der Waals surface area contributed by atoms with Crippen LogP contribution >= 0.6 is 0 Å². The summed E-state index contributed by atoms with van der Waals surface area (Å²) in [5.74, 6) is 1.03. The Morgan fingerprint density at radius 1 is 1.33 bits per heavy atom. The third-order valence-electron chi connectivity index (χ3n) is 4.15. The van der Waals surface area contributed by atoms with E-state index in [0.717, 1.165) is 12.0 Å². The second kappa shape index (κ2) is 6.35. The van der Waals surface area contributed by atoms with E-state index in [9.17, 15) is 4.79 Å². The zero-order valence-electron chi connectivity index (χ0n) is 12.7. The zero-order chi connectivity index (χ0) is 15.5. The molecule has 2 rings (SSSR count). The molecule has 0 saturated heterocycles. The number of anilines is 1. The van der Waals surface area contributed by atoms with Crippen LogP contribution in [0, 0.1) is 11.3 Å². The van der Waals surface area contributed by atoms with Crippen molar-refractivity contribution in [1.29, 1.82) is 0 Å². The van der Waals surface area contributed by atoms with Gasteiger partial charge in [-0.3, -0.25) is 4.79 Å².